The van der Waals surface area contributed by atoms with Crippen molar-refractivity contribution in [3.63, 3.8) is 0 Å². The highest BCUT2D eigenvalue weighted by molar-refractivity contribution is 7.22. The van der Waals surface area contributed by atoms with Gasteiger partial charge in [-0.3, -0.25) is 9.69 Å². The predicted molar refractivity (Wildman–Crippen MR) is 121 cm³/mol. The van der Waals surface area contributed by atoms with Gasteiger partial charge in [-0.05, 0) is 49.6 Å². The van der Waals surface area contributed by atoms with Gasteiger partial charge in [-0.25, -0.2) is 9.97 Å². The number of ether oxygens (including phenoxy) is 2. The summed E-state index contributed by atoms with van der Waals surface area (Å²) in [5.41, 5.74) is 5.24. The quantitative estimate of drug-likeness (QED) is 0.435. The number of thiazole rings is 2. The number of carbonyl (C=O) groups is 1. The fraction of sp³-hybridized carbons (Fsp3) is 0.318. The normalized spacial score (nSPS) is 16.4. The molecule has 0 bridgehead atoms. The van der Waals surface area contributed by atoms with E-state index in [1.807, 2.05) is 37.3 Å². The molecule has 8 heteroatoms. The lowest BCUT2D eigenvalue weighted by Gasteiger charge is -2.23. The van der Waals surface area contributed by atoms with Crippen molar-refractivity contribution in [1.29, 1.82) is 0 Å². The van der Waals surface area contributed by atoms with E-state index in [0.29, 0.717) is 23.0 Å². The molecule has 154 valence electrons. The first-order valence-corrected chi connectivity index (χ1v) is 11.5. The molecule has 0 aliphatic carbocycles. The number of benzene rings is 2. The van der Waals surface area contributed by atoms with Crippen molar-refractivity contribution >= 4 is 54.1 Å². The van der Waals surface area contributed by atoms with Crippen LogP contribution in [0.25, 0.3) is 20.4 Å². The highest BCUT2D eigenvalue weighted by Gasteiger charge is 2.28. The maximum absolute atomic E-state index is 13.6. The zero-order valence-electron chi connectivity index (χ0n) is 16.8. The lowest BCUT2D eigenvalue weighted by atomic mass is 10.1. The minimum Gasteiger partial charge on any atom is -0.494 e. The summed E-state index contributed by atoms with van der Waals surface area (Å²) in [4.78, 5) is 24.5. The van der Waals surface area contributed by atoms with Gasteiger partial charge in [0, 0.05) is 12.2 Å². The first-order chi connectivity index (χ1) is 14.6. The maximum Gasteiger partial charge on any atom is 0.260 e. The smallest absolute Gasteiger partial charge is 0.260 e. The van der Waals surface area contributed by atoms with Crippen LogP contribution in [-0.2, 0) is 4.74 Å². The summed E-state index contributed by atoms with van der Waals surface area (Å²) in [6, 6.07) is 9.59. The molecule has 2 aromatic carbocycles. The summed E-state index contributed by atoms with van der Waals surface area (Å²) in [5.74, 6) is 0.644. The third-order valence-electron chi connectivity index (χ3n) is 5.38. The second-order valence-electron chi connectivity index (χ2n) is 7.34. The fourth-order valence-corrected chi connectivity index (χ4v) is 5.54. The number of nitrogens with zero attached hydrogens (tertiary/aromatic N) is 3. The van der Waals surface area contributed by atoms with Crippen LogP contribution in [0.15, 0.2) is 35.8 Å². The molecular formula is C22H21N3O3S2. The van der Waals surface area contributed by atoms with Gasteiger partial charge in [0.25, 0.3) is 5.91 Å². The monoisotopic (exact) mass is 439 g/mol. The average molecular weight is 440 g/mol. The van der Waals surface area contributed by atoms with Crippen molar-refractivity contribution in [1.82, 2.24) is 9.97 Å². The summed E-state index contributed by atoms with van der Waals surface area (Å²) in [6.45, 7) is 3.28. The van der Waals surface area contributed by atoms with Gasteiger partial charge in [-0.15, -0.1) is 11.3 Å². The van der Waals surface area contributed by atoms with Crippen molar-refractivity contribution in [2.75, 3.05) is 25.2 Å². The van der Waals surface area contributed by atoms with E-state index in [4.69, 9.17) is 14.5 Å². The molecule has 4 aromatic rings. The maximum atomic E-state index is 13.6. The number of aryl methyl sites for hydroxylation is 1. The Kier molecular flexibility index (Phi) is 5.14. The van der Waals surface area contributed by atoms with Gasteiger partial charge in [-0.1, -0.05) is 17.4 Å². The van der Waals surface area contributed by atoms with Crippen LogP contribution in [0.1, 0.15) is 28.8 Å². The number of amides is 1. The van der Waals surface area contributed by atoms with E-state index in [0.717, 1.165) is 45.4 Å². The molecule has 1 aliphatic heterocycles. The summed E-state index contributed by atoms with van der Waals surface area (Å²) in [6.07, 6.45) is 1.99. The Bertz CT molecular complexity index is 1230. The van der Waals surface area contributed by atoms with Crippen LogP contribution in [0.4, 0.5) is 5.13 Å². The molecule has 1 saturated heterocycles. The lowest BCUT2D eigenvalue weighted by Crippen LogP contribution is -2.37. The van der Waals surface area contributed by atoms with E-state index < -0.39 is 0 Å². The van der Waals surface area contributed by atoms with Crippen molar-refractivity contribution in [2.45, 2.75) is 25.9 Å². The third-order valence-corrected chi connectivity index (χ3v) is 7.38. The molecule has 1 fully saturated rings. The van der Waals surface area contributed by atoms with Crippen LogP contribution < -0.4 is 9.64 Å². The van der Waals surface area contributed by atoms with E-state index >= 15 is 0 Å². The largest absolute Gasteiger partial charge is 0.494 e. The van der Waals surface area contributed by atoms with Gasteiger partial charge < -0.3 is 9.47 Å². The zero-order valence-corrected chi connectivity index (χ0v) is 18.4. The number of rotatable bonds is 5. The molecule has 0 N–H and O–H groups in total. The molecule has 1 aliphatic rings. The molecule has 3 heterocycles. The molecule has 6 nitrogen and oxygen atoms in total. The molecule has 1 atom stereocenters. The average Bonchev–Trinajstić information content (AvgIpc) is 3.51. The van der Waals surface area contributed by atoms with Crippen LogP contribution in [0.3, 0.4) is 0 Å². The molecule has 2 aromatic heterocycles. The minimum atomic E-state index is -0.0727. The first kappa shape index (κ1) is 19.4. The standard InChI is InChI=1S/C22H21N3O3S2/c1-13-5-8-17(27-2)19-20(13)30-22(24-19)25(11-15-4-3-9-28-15)21(26)14-6-7-16-18(10-14)29-12-23-16/h5-8,10,12,15H,3-4,9,11H2,1-2H3. The van der Waals surface area contributed by atoms with E-state index in [-0.39, 0.29) is 12.0 Å². The molecule has 0 spiro atoms. The Morgan fingerprint density at radius 3 is 3.03 bits per heavy atom. The second-order valence-corrected chi connectivity index (χ2v) is 9.21. The van der Waals surface area contributed by atoms with Crippen LogP contribution in [0.5, 0.6) is 5.75 Å². The van der Waals surface area contributed by atoms with Crippen LogP contribution >= 0.6 is 22.7 Å². The summed E-state index contributed by atoms with van der Waals surface area (Å²) >= 11 is 3.06. The summed E-state index contributed by atoms with van der Waals surface area (Å²) in [5, 5.41) is 0.669. The van der Waals surface area contributed by atoms with Crippen molar-refractivity contribution < 1.29 is 14.3 Å². The Morgan fingerprint density at radius 1 is 1.33 bits per heavy atom. The first-order valence-electron chi connectivity index (χ1n) is 9.85. The molecule has 30 heavy (non-hydrogen) atoms. The summed E-state index contributed by atoms with van der Waals surface area (Å²) in [7, 11) is 1.64. The predicted octanol–water partition coefficient (Wildman–Crippen LogP) is 5.05. The number of methoxy groups -OCH3 is 1. The van der Waals surface area contributed by atoms with Gasteiger partial charge in [0.2, 0.25) is 0 Å². The van der Waals surface area contributed by atoms with E-state index in [1.54, 1.807) is 17.5 Å². The highest BCUT2D eigenvalue weighted by Crippen LogP contribution is 2.37. The van der Waals surface area contributed by atoms with Crippen LogP contribution in [0.2, 0.25) is 0 Å². The number of aromatic nitrogens is 2. The zero-order chi connectivity index (χ0) is 20.7. The molecule has 1 amide bonds. The van der Waals surface area contributed by atoms with Crippen molar-refractivity contribution in [3.8, 4) is 5.75 Å². The van der Waals surface area contributed by atoms with Crippen molar-refractivity contribution in [2.24, 2.45) is 0 Å². The third kappa shape index (κ3) is 3.45. The second kappa shape index (κ2) is 7.94. The number of hydrogen-bond acceptors (Lipinski definition) is 7. The topological polar surface area (TPSA) is 64.6 Å². The molecule has 0 saturated carbocycles. The van der Waals surface area contributed by atoms with Gasteiger partial charge in [-0.2, -0.15) is 0 Å². The van der Waals surface area contributed by atoms with E-state index in [2.05, 4.69) is 4.98 Å². The van der Waals surface area contributed by atoms with Gasteiger partial charge in [0.05, 0.1) is 40.2 Å². The molecule has 0 radical (unpaired) electrons. The van der Waals surface area contributed by atoms with Crippen LogP contribution in [-0.4, -0.2) is 42.2 Å². The minimum absolute atomic E-state index is 0.0242. The highest BCUT2D eigenvalue weighted by atomic mass is 32.1. The van der Waals surface area contributed by atoms with Gasteiger partial charge in [0.1, 0.15) is 11.3 Å². The number of anilines is 1. The Labute approximate surface area is 182 Å². The summed E-state index contributed by atoms with van der Waals surface area (Å²) < 4.78 is 13.4. The molecular weight excluding hydrogens is 418 g/mol. The van der Waals surface area contributed by atoms with E-state index in [9.17, 15) is 4.79 Å². The number of fused-ring (bicyclic) bond motifs is 2. The van der Waals surface area contributed by atoms with Gasteiger partial charge >= 0.3 is 0 Å². The molecule has 1 unspecified atom stereocenters. The van der Waals surface area contributed by atoms with Crippen LogP contribution in [0, 0.1) is 6.92 Å². The SMILES string of the molecule is COc1ccc(C)c2sc(N(CC3CCCO3)C(=O)c3ccc4ncsc4c3)nc12. The van der Waals surface area contributed by atoms with Gasteiger partial charge in [0.15, 0.2) is 5.13 Å². The Hall–Kier alpha value is -2.55. The number of carbonyl (C=O) groups excluding carboxylic acids is 1. The Morgan fingerprint density at radius 2 is 2.23 bits per heavy atom. The molecule has 5 rings (SSSR count). The Balaban J connectivity index is 1.58. The number of hydrogen-bond donors (Lipinski definition) is 0. The van der Waals surface area contributed by atoms with Crippen molar-refractivity contribution in [3.05, 3.63) is 47.0 Å². The lowest BCUT2D eigenvalue weighted by molar-refractivity contribution is 0.0917. The van der Waals surface area contributed by atoms with E-state index in [1.165, 1.54) is 22.7 Å². The fourth-order valence-electron chi connectivity index (χ4n) is 3.76.